The average Bonchev–Trinajstić information content (AvgIpc) is 2.90. The molecule has 2 amide bonds. The van der Waals surface area contributed by atoms with Gasteiger partial charge in [0.1, 0.15) is 0 Å². The highest BCUT2D eigenvalue weighted by Gasteiger charge is 2.24. The molecule has 9 heteroatoms. The van der Waals surface area contributed by atoms with Crippen molar-refractivity contribution >= 4 is 27.5 Å². The Morgan fingerprint density at radius 3 is 2.22 bits per heavy atom. The maximum Gasteiger partial charge on any atom is 0.255 e. The minimum Gasteiger partial charge on any atom is -0.379 e. The topological polar surface area (TPSA) is 105 Å². The molecule has 1 atom stereocenters. The molecule has 1 heterocycles. The van der Waals surface area contributed by atoms with E-state index in [9.17, 15) is 18.0 Å². The van der Waals surface area contributed by atoms with Gasteiger partial charge in [0.2, 0.25) is 10.0 Å². The molecule has 1 fully saturated rings. The van der Waals surface area contributed by atoms with E-state index in [2.05, 4.69) is 10.6 Å². The Labute approximate surface area is 211 Å². The van der Waals surface area contributed by atoms with E-state index in [0.29, 0.717) is 48.7 Å². The van der Waals surface area contributed by atoms with Gasteiger partial charge in [0.25, 0.3) is 11.8 Å². The van der Waals surface area contributed by atoms with Gasteiger partial charge in [0.05, 0.1) is 36.3 Å². The molecule has 0 radical (unpaired) electrons. The average molecular weight is 508 g/mol. The van der Waals surface area contributed by atoms with Gasteiger partial charge < -0.3 is 15.4 Å². The van der Waals surface area contributed by atoms with Gasteiger partial charge in [-0.3, -0.25) is 9.59 Å². The lowest BCUT2D eigenvalue weighted by Gasteiger charge is -2.26. The number of benzene rings is 3. The van der Waals surface area contributed by atoms with E-state index in [4.69, 9.17) is 4.74 Å². The Kier molecular flexibility index (Phi) is 8.14. The molecule has 0 aromatic heterocycles. The van der Waals surface area contributed by atoms with Gasteiger partial charge in [-0.1, -0.05) is 54.6 Å². The molecule has 3 aromatic carbocycles. The van der Waals surface area contributed by atoms with Crippen molar-refractivity contribution < 1.29 is 22.7 Å². The number of ether oxygens (including phenoxy) is 1. The van der Waals surface area contributed by atoms with E-state index in [1.807, 2.05) is 37.3 Å². The van der Waals surface area contributed by atoms with Crippen molar-refractivity contribution in [3.05, 3.63) is 101 Å². The highest BCUT2D eigenvalue weighted by atomic mass is 32.2. The fourth-order valence-electron chi connectivity index (χ4n) is 3.96. The summed E-state index contributed by atoms with van der Waals surface area (Å²) in [6, 6.07) is 22.6. The monoisotopic (exact) mass is 507 g/mol. The standard InChI is InChI=1S/C27H29N3O5S/c1-20(22-7-3-2-4-8-22)28-27(32)24-9-5-6-10-25(24)29-26(31)23-13-11-21(12-14-23)19-36(33,34)30-15-17-35-18-16-30/h2-14,20H,15-19H2,1H3,(H,28,32)(H,29,31)/t20-/m1/s1. The molecule has 1 aliphatic rings. The fraction of sp³-hybridized carbons (Fsp3) is 0.259. The van der Waals surface area contributed by atoms with Crippen molar-refractivity contribution in [2.45, 2.75) is 18.7 Å². The maximum absolute atomic E-state index is 12.9. The quantitative estimate of drug-likeness (QED) is 0.485. The molecule has 0 aliphatic carbocycles. The Bertz CT molecular complexity index is 1300. The first-order chi connectivity index (χ1) is 17.3. The molecule has 0 saturated carbocycles. The van der Waals surface area contributed by atoms with Crippen LogP contribution >= 0.6 is 0 Å². The van der Waals surface area contributed by atoms with E-state index >= 15 is 0 Å². The van der Waals surface area contributed by atoms with Crippen LogP contribution < -0.4 is 10.6 Å². The number of nitrogens with one attached hydrogen (secondary N) is 2. The number of carbonyl (C=O) groups is 2. The zero-order valence-electron chi connectivity index (χ0n) is 20.0. The lowest BCUT2D eigenvalue weighted by Crippen LogP contribution is -2.41. The number of carbonyl (C=O) groups excluding carboxylic acids is 2. The van der Waals surface area contributed by atoms with Crippen molar-refractivity contribution in [3.63, 3.8) is 0 Å². The summed E-state index contributed by atoms with van der Waals surface area (Å²) in [5.74, 6) is -0.836. The van der Waals surface area contributed by atoms with Crippen LogP contribution in [0.25, 0.3) is 0 Å². The van der Waals surface area contributed by atoms with E-state index in [-0.39, 0.29) is 17.7 Å². The zero-order valence-corrected chi connectivity index (χ0v) is 20.8. The predicted octanol–water partition coefficient (Wildman–Crippen LogP) is 3.59. The lowest BCUT2D eigenvalue weighted by molar-refractivity contribution is 0.0729. The van der Waals surface area contributed by atoms with Gasteiger partial charge in [0.15, 0.2) is 0 Å². The van der Waals surface area contributed by atoms with Crippen molar-refractivity contribution in [3.8, 4) is 0 Å². The van der Waals surface area contributed by atoms with Gasteiger partial charge in [-0.15, -0.1) is 0 Å². The summed E-state index contributed by atoms with van der Waals surface area (Å²) < 4.78 is 31.9. The number of nitrogens with zero attached hydrogens (tertiary/aromatic N) is 1. The molecular weight excluding hydrogens is 478 g/mol. The first-order valence-corrected chi connectivity index (χ1v) is 13.3. The van der Waals surface area contributed by atoms with Gasteiger partial charge in [-0.2, -0.15) is 4.31 Å². The van der Waals surface area contributed by atoms with Crippen LogP contribution in [0.3, 0.4) is 0 Å². The van der Waals surface area contributed by atoms with Crippen LogP contribution in [-0.2, 0) is 20.5 Å². The molecule has 2 N–H and O–H groups in total. The van der Waals surface area contributed by atoms with Crippen molar-refractivity contribution in [1.29, 1.82) is 0 Å². The molecule has 8 nitrogen and oxygen atoms in total. The third-order valence-electron chi connectivity index (χ3n) is 6.00. The lowest BCUT2D eigenvalue weighted by atomic mass is 10.1. The first kappa shape index (κ1) is 25.6. The third kappa shape index (κ3) is 6.37. The summed E-state index contributed by atoms with van der Waals surface area (Å²) >= 11 is 0. The molecule has 0 bridgehead atoms. The molecule has 1 aliphatic heterocycles. The third-order valence-corrected chi connectivity index (χ3v) is 7.85. The summed E-state index contributed by atoms with van der Waals surface area (Å²) in [7, 11) is -3.46. The summed E-state index contributed by atoms with van der Waals surface area (Å²) in [6.45, 7) is 3.38. The number of anilines is 1. The van der Waals surface area contributed by atoms with E-state index in [1.165, 1.54) is 4.31 Å². The molecular formula is C27H29N3O5S. The highest BCUT2D eigenvalue weighted by Crippen LogP contribution is 2.20. The molecule has 3 aromatic rings. The van der Waals surface area contributed by atoms with Crippen LogP contribution in [0.5, 0.6) is 0 Å². The van der Waals surface area contributed by atoms with Crippen LogP contribution in [0, 0.1) is 0 Å². The Morgan fingerprint density at radius 2 is 1.53 bits per heavy atom. The zero-order chi connectivity index (χ0) is 25.5. The van der Waals surface area contributed by atoms with Crippen LogP contribution in [0.2, 0.25) is 0 Å². The minimum atomic E-state index is -3.46. The first-order valence-electron chi connectivity index (χ1n) is 11.7. The second-order valence-corrected chi connectivity index (χ2v) is 10.5. The summed E-state index contributed by atoms with van der Waals surface area (Å²) in [5, 5.41) is 5.76. The highest BCUT2D eigenvalue weighted by molar-refractivity contribution is 7.88. The second kappa shape index (κ2) is 11.5. The van der Waals surface area contributed by atoms with Gasteiger partial charge in [0, 0.05) is 18.7 Å². The number of hydrogen-bond donors (Lipinski definition) is 2. The number of para-hydroxylation sites is 1. The van der Waals surface area contributed by atoms with E-state index in [1.54, 1.807) is 48.5 Å². The molecule has 0 unspecified atom stereocenters. The van der Waals surface area contributed by atoms with Crippen LogP contribution in [0.4, 0.5) is 5.69 Å². The molecule has 0 spiro atoms. The largest absolute Gasteiger partial charge is 0.379 e. The summed E-state index contributed by atoms with van der Waals surface area (Å²) in [4.78, 5) is 25.8. The number of morpholine rings is 1. The Morgan fingerprint density at radius 1 is 0.889 bits per heavy atom. The van der Waals surface area contributed by atoms with Gasteiger partial charge >= 0.3 is 0 Å². The fourth-order valence-corrected chi connectivity index (χ4v) is 5.46. The summed E-state index contributed by atoms with van der Waals surface area (Å²) in [5.41, 5.74) is 2.66. The number of sulfonamides is 1. The van der Waals surface area contributed by atoms with Crippen molar-refractivity contribution in [2.75, 3.05) is 31.6 Å². The van der Waals surface area contributed by atoms with Crippen LogP contribution in [-0.4, -0.2) is 50.8 Å². The smallest absolute Gasteiger partial charge is 0.255 e. The normalized spacial score (nSPS) is 15.1. The molecule has 1 saturated heterocycles. The number of rotatable bonds is 8. The number of amides is 2. The summed E-state index contributed by atoms with van der Waals surface area (Å²) in [6.07, 6.45) is 0. The van der Waals surface area contributed by atoms with Crippen LogP contribution in [0.1, 0.15) is 44.8 Å². The number of hydrogen-bond acceptors (Lipinski definition) is 5. The van der Waals surface area contributed by atoms with E-state index < -0.39 is 15.9 Å². The van der Waals surface area contributed by atoms with Gasteiger partial charge in [-0.05, 0) is 42.3 Å². The van der Waals surface area contributed by atoms with Crippen molar-refractivity contribution in [1.82, 2.24) is 9.62 Å². The van der Waals surface area contributed by atoms with E-state index in [0.717, 1.165) is 5.56 Å². The SMILES string of the molecule is C[C@@H](NC(=O)c1ccccc1NC(=O)c1ccc(CS(=O)(=O)N2CCOCC2)cc1)c1ccccc1. The Balaban J connectivity index is 1.41. The Hall–Kier alpha value is -3.53. The van der Waals surface area contributed by atoms with Crippen LogP contribution in [0.15, 0.2) is 78.9 Å². The minimum absolute atomic E-state index is 0.141. The predicted molar refractivity (Wildman–Crippen MR) is 138 cm³/mol. The van der Waals surface area contributed by atoms with Crippen molar-refractivity contribution in [2.24, 2.45) is 0 Å². The van der Waals surface area contributed by atoms with Gasteiger partial charge in [-0.25, -0.2) is 8.42 Å². The second-order valence-electron chi connectivity index (χ2n) is 8.57. The molecule has 188 valence electrons. The molecule has 4 rings (SSSR count). The molecule has 36 heavy (non-hydrogen) atoms. The maximum atomic E-state index is 12.9.